The van der Waals surface area contributed by atoms with Crippen LogP contribution in [0.15, 0.2) is 12.1 Å². The van der Waals surface area contributed by atoms with Crippen molar-refractivity contribution in [3.63, 3.8) is 0 Å². The third-order valence-corrected chi connectivity index (χ3v) is 3.07. The Bertz CT molecular complexity index is 475. The molecule has 0 spiro atoms. The van der Waals surface area contributed by atoms with Crippen molar-refractivity contribution in [3.05, 3.63) is 17.7 Å². The van der Waals surface area contributed by atoms with Gasteiger partial charge in [0.05, 0.1) is 33.0 Å². The van der Waals surface area contributed by atoms with Crippen LogP contribution in [0.1, 0.15) is 30.1 Å². The van der Waals surface area contributed by atoms with Gasteiger partial charge in [0.1, 0.15) is 0 Å². The lowest BCUT2D eigenvalue weighted by Crippen LogP contribution is -2.32. The summed E-state index contributed by atoms with van der Waals surface area (Å²) in [6, 6.07) is 3.24. The summed E-state index contributed by atoms with van der Waals surface area (Å²) in [7, 11) is 4.45. The molecule has 0 aliphatic heterocycles. The fourth-order valence-electron chi connectivity index (χ4n) is 2.02. The highest BCUT2D eigenvalue weighted by Crippen LogP contribution is 2.39. The fraction of sp³-hybridized carbons (Fsp3) is 0.533. The molecule has 1 unspecified atom stereocenters. The molecule has 0 radical (unpaired) electrons. The van der Waals surface area contributed by atoms with Crippen molar-refractivity contribution in [3.8, 4) is 17.2 Å². The van der Waals surface area contributed by atoms with Crippen molar-refractivity contribution in [2.75, 3.05) is 27.9 Å². The molecule has 21 heavy (non-hydrogen) atoms. The summed E-state index contributed by atoms with van der Waals surface area (Å²) < 4.78 is 15.7. The largest absolute Gasteiger partial charge is 0.493 e. The summed E-state index contributed by atoms with van der Waals surface area (Å²) in [4.78, 5) is 12.2. The Morgan fingerprint density at radius 1 is 1.19 bits per heavy atom. The van der Waals surface area contributed by atoms with Crippen LogP contribution in [-0.2, 0) is 0 Å². The van der Waals surface area contributed by atoms with Crippen molar-refractivity contribution >= 4 is 5.91 Å². The Hall–Kier alpha value is -1.95. The van der Waals surface area contributed by atoms with Crippen molar-refractivity contribution < 1.29 is 24.1 Å². The molecule has 6 heteroatoms. The van der Waals surface area contributed by atoms with Crippen LogP contribution in [-0.4, -0.2) is 45.0 Å². The Kier molecular flexibility index (Phi) is 6.81. The van der Waals surface area contributed by atoms with E-state index in [2.05, 4.69) is 5.32 Å². The number of aliphatic hydroxyl groups excluding tert-OH is 1. The molecule has 0 fully saturated rings. The van der Waals surface area contributed by atoms with Gasteiger partial charge in [-0.3, -0.25) is 4.79 Å². The van der Waals surface area contributed by atoms with Crippen LogP contribution in [0.3, 0.4) is 0 Å². The van der Waals surface area contributed by atoms with Crippen molar-refractivity contribution in [1.29, 1.82) is 0 Å². The fourth-order valence-corrected chi connectivity index (χ4v) is 2.02. The number of methoxy groups -OCH3 is 3. The second-order valence-electron chi connectivity index (χ2n) is 4.53. The molecule has 0 bridgehead atoms. The van der Waals surface area contributed by atoms with E-state index in [0.29, 0.717) is 29.2 Å². The van der Waals surface area contributed by atoms with Crippen LogP contribution >= 0.6 is 0 Å². The minimum atomic E-state index is -0.551. The molecule has 2 N–H and O–H groups in total. The van der Waals surface area contributed by atoms with Crippen LogP contribution in [0.4, 0.5) is 0 Å². The molecule has 1 aromatic rings. The Morgan fingerprint density at radius 2 is 1.86 bits per heavy atom. The molecule has 1 amide bonds. The summed E-state index contributed by atoms with van der Waals surface area (Å²) in [6.45, 7) is 2.17. The molecule has 1 atom stereocenters. The predicted molar refractivity (Wildman–Crippen MR) is 79.3 cm³/mol. The van der Waals surface area contributed by atoms with Gasteiger partial charge in [-0.25, -0.2) is 0 Å². The van der Waals surface area contributed by atoms with E-state index in [0.717, 1.165) is 6.42 Å². The lowest BCUT2D eigenvalue weighted by Gasteiger charge is -2.16. The zero-order chi connectivity index (χ0) is 15.8. The van der Waals surface area contributed by atoms with Gasteiger partial charge in [0, 0.05) is 6.54 Å². The molecular weight excluding hydrogens is 274 g/mol. The quantitative estimate of drug-likeness (QED) is 0.762. The molecule has 0 saturated heterocycles. The first-order chi connectivity index (χ1) is 10.1. The SMILES string of the molecule is CCCC(O)CNC(=O)c1ccc(OC)c(OC)c1OC. The average molecular weight is 297 g/mol. The predicted octanol–water partition coefficient (Wildman–Crippen LogP) is 1.60. The van der Waals surface area contributed by atoms with E-state index in [1.807, 2.05) is 6.92 Å². The number of aliphatic hydroxyl groups is 1. The number of amides is 1. The zero-order valence-electron chi connectivity index (χ0n) is 12.9. The number of hydrogen-bond donors (Lipinski definition) is 2. The van der Waals surface area contributed by atoms with E-state index in [1.54, 1.807) is 12.1 Å². The highest BCUT2D eigenvalue weighted by molar-refractivity contribution is 5.98. The van der Waals surface area contributed by atoms with Gasteiger partial charge in [0.15, 0.2) is 11.5 Å². The lowest BCUT2D eigenvalue weighted by atomic mass is 10.1. The van der Waals surface area contributed by atoms with Gasteiger partial charge >= 0.3 is 0 Å². The molecule has 0 heterocycles. The van der Waals surface area contributed by atoms with E-state index < -0.39 is 6.10 Å². The highest BCUT2D eigenvalue weighted by Gasteiger charge is 2.20. The third kappa shape index (κ3) is 4.26. The molecule has 0 aromatic heterocycles. The molecule has 118 valence electrons. The first kappa shape index (κ1) is 17.1. The number of rotatable bonds is 8. The molecule has 1 aromatic carbocycles. The number of carbonyl (C=O) groups is 1. The minimum Gasteiger partial charge on any atom is -0.493 e. The molecule has 6 nitrogen and oxygen atoms in total. The monoisotopic (exact) mass is 297 g/mol. The van der Waals surface area contributed by atoms with Crippen molar-refractivity contribution in [1.82, 2.24) is 5.32 Å². The molecule has 0 saturated carbocycles. The van der Waals surface area contributed by atoms with Gasteiger partial charge in [-0.05, 0) is 18.6 Å². The maximum atomic E-state index is 12.2. The Labute approximate surface area is 125 Å². The number of benzene rings is 1. The van der Waals surface area contributed by atoms with E-state index in [4.69, 9.17) is 14.2 Å². The standard InChI is InChI=1S/C15H23NO5/c1-5-6-10(17)9-16-15(18)11-7-8-12(19-2)14(21-4)13(11)20-3/h7-8,10,17H,5-6,9H2,1-4H3,(H,16,18). The maximum Gasteiger partial charge on any atom is 0.255 e. The number of ether oxygens (including phenoxy) is 3. The summed E-state index contributed by atoms with van der Waals surface area (Å²) >= 11 is 0. The molecule has 0 aliphatic carbocycles. The Balaban J connectivity index is 2.94. The van der Waals surface area contributed by atoms with Gasteiger partial charge in [0.2, 0.25) is 5.75 Å². The van der Waals surface area contributed by atoms with Gasteiger partial charge < -0.3 is 24.6 Å². The summed E-state index contributed by atoms with van der Waals surface area (Å²) in [5.41, 5.74) is 0.332. The zero-order valence-corrected chi connectivity index (χ0v) is 12.9. The smallest absolute Gasteiger partial charge is 0.255 e. The number of carbonyl (C=O) groups excluding carboxylic acids is 1. The minimum absolute atomic E-state index is 0.199. The summed E-state index contributed by atoms with van der Waals surface area (Å²) in [6.07, 6.45) is 0.949. The second kappa shape index (κ2) is 8.36. The molecule has 0 aliphatic rings. The molecular formula is C15H23NO5. The summed E-state index contributed by atoms with van der Waals surface area (Å²) in [5, 5.41) is 12.3. The highest BCUT2D eigenvalue weighted by atomic mass is 16.5. The van der Waals surface area contributed by atoms with Gasteiger partial charge in [-0.15, -0.1) is 0 Å². The van der Waals surface area contributed by atoms with E-state index in [9.17, 15) is 9.90 Å². The van der Waals surface area contributed by atoms with E-state index >= 15 is 0 Å². The Morgan fingerprint density at radius 3 is 2.38 bits per heavy atom. The van der Waals surface area contributed by atoms with Crippen LogP contribution in [0.5, 0.6) is 17.2 Å². The normalized spacial score (nSPS) is 11.7. The van der Waals surface area contributed by atoms with Gasteiger partial charge in [-0.2, -0.15) is 0 Å². The van der Waals surface area contributed by atoms with Crippen LogP contribution in [0.25, 0.3) is 0 Å². The lowest BCUT2D eigenvalue weighted by molar-refractivity contribution is 0.0906. The van der Waals surface area contributed by atoms with Crippen molar-refractivity contribution in [2.45, 2.75) is 25.9 Å². The van der Waals surface area contributed by atoms with Crippen molar-refractivity contribution in [2.24, 2.45) is 0 Å². The number of hydrogen-bond acceptors (Lipinski definition) is 5. The second-order valence-corrected chi connectivity index (χ2v) is 4.53. The van der Waals surface area contributed by atoms with E-state index in [1.165, 1.54) is 21.3 Å². The first-order valence-corrected chi connectivity index (χ1v) is 6.84. The third-order valence-electron chi connectivity index (χ3n) is 3.07. The molecule has 1 rings (SSSR count). The van der Waals surface area contributed by atoms with Crippen LogP contribution in [0, 0.1) is 0 Å². The number of nitrogens with one attached hydrogen (secondary N) is 1. The van der Waals surface area contributed by atoms with Gasteiger partial charge in [0.25, 0.3) is 5.91 Å². The topological polar surface area (TPSA) is 77.0 Å². The van der Waals surface area contributed by atoms with Gasteiger partial charge in [-0.1, -0.05) is 13.3 Å². The van der Waals surface area contributed by atoms with Crippen LogP contribution < -0.4 is 19.5 Å². The van der Waals surface area contributed by atoms with E-state index in [-0.39, 0.29) is 12.5 Å². The maximum absolute atomic E-state index is 12.2. The van der Waals surface area contributed by atoms with Crippen LogP contribution in [0.2, 0.25) is 0 Å². The average Bonchev–Trinajstić information content (AvgIpc) is 2.51. The summed E-state index contributed by atoms with van der Waals surface area (Å²) in [5.74, 6) is 0.820. The first-order valence-electron chi connectivity index (χ1n) is 6.84.